The van der Waals surface area contributed by atoms with E-state index in [0.717, 1.165) is 4.90 Å². The summed E-state index contributed by atoms with van der Waals surface area (Å²) in [6.07, 6.45) is 1.57. The van der Waals surface area contributed by atoms with Crippen LogP contribution in [0.5, 0.6) is 0 Å². The smallest absolute Gasteiger partial charge is 0.213 e. The van der Waals surface area contributed by atoms with Crippen molar-refractivity contribution in [2.75, 3.05) is 0 Å². The average Bonchev–Trinajstić information content (AvgIpc) is 2.74. The summed E-state index contributed by atoms with van der Waals surface area (Å²) in [5.74, 6) is -0.0384. The van der Waals surface area contributed by atoms with Gasteiger partial charge in [-0.2, -0.15) is 0 Å². The highest BCUT2D eigenvalue weighted by Gasteiger charge is 2.07. The normalized spacial score (nSPS) is 11.7. The Kier molecular flexibility index (Phi) is 3.19. The lowest BCUT2D eigenvalue weighted by atomic mass is 10.3. The SMILES string of the molecule is Cn1nnnc1Sc1ccnc(/C(N)=N/O)c1. The topological polar surface area (TPSA) is 115 Å². The van der Waals surface area contributed by atoms with E-state index in [9.17, 15) is 0 Å². The van der Waals surface area contributed by atoms with E-state index in [0.29, 0.717) is 10.9 Å². The molecule has 3 N–H and O–H groups in total. The molecular weight excluding hydrogens is 242 g/mol. The first-order valence-electron chi connectivity index (χ1n) is 4.55. The van der Waals surface area contributed by atoms with Crippen molar-refractivity contribution in [3.05, 3.63) is 24.0 Å². The molecular formula is C8H9N7OS. The summed E-state index contributed by atoms with van der Waals surface area (Å²) in [5.41, 5.74) is 5.85. The summed E-state index contributed by atoms with van der Waals surface area (Å²) in [5, 5.41) is 23.2. The molecule has 0 aliphatic carbocycles. The predicted molar refractivity (Wildman–Crippen MR) is 59.7 cm³/mol. The molecule has 0 unspecified atom stereocenters. The second kappa shape index (κ2) is 4.78. The van der Waals surface area contributed by atoms with Gasteiger partial charge in [-0.3, -0.25) is 4.98 Å². The van der Waals surface area contributed by atoms with Crippen molar-refractivity contribution in [2.24, 2.45) is 17.9 Å². The van der Waals surface area contributed by atoms with Gasteiger partial charge in [0.25, 0.3) is 0 Å². The van der Waals surface area contributed by atoms with Crippen molar-refractivity contribution in [2.45, 2.75) is 10.1 Å². The number of amidine groups is 1. The van der Waals surface area contributed by atoms with Crippen LogP contribution >= 0.6 is 11.8 Å². The Morgan fingerprint density at radius 1 is 1.59 bits per heavy atom. The van der Waals surface area contributed by atoms with Gasteiger partial charge in [-0.15, -0.1) is 5.10 Å². The maximum absolute atomic E-state index is 8.56. The van der Waals surface area contributed by atoms with Crippen LogP contribution in [-0.4, -0.2) is 36.2 Å². The fourth-order valence-corrected chi connectivity index (χ4v) is 1.84. The molecule has 2 aromatic rings. The summed E-state index contributed by atoms with van der Waals surface area (Å²) >= 11 is 1.36. The second-order valence-electron chi connectivity index (χ2n) is 3.05. The molecule has 0 atom stereocenters. The van der Waals surface area contributed by atoms with Gasteiger partial charge in [0, 0.05) is 18.1 Å². The van der Waals surface area contributed by atoms with Crippen molar-refractivity contribution in [3.8, 4) is 0 Å². The second-order valence-corrected chi connectivity index (χ2v) is 4.09. The highest BCUT2D eigenvalue weighted by molar-refractivity contribution is 7.99. The molecule has 2 aromatic heterocycles. The molecule has 9 heteroatoms. The molecule has 2 rings (SSSR count). The Morgan fingerprint density at radius 2 is 2.41 bits per heavy atom. The summed E-state index contributed by atoms with van der Waals surface area (Å²) in [6, 6.07) is 3.47. The number of hydrogen-bond acceptors (Lipinski definition) is 7. The van der Waals surface area contributed by atoms with Gasteiger partial charge in [-0.25, -0.2) is 4.68 Å². The Hall–Kier alpha value is -2.16. The highest BCUT2D eigenvalue weighted by Crippen LogP contribution is 2.24. The lowest BCUT2D eigenvalue weighted by Crippen LogP contribution is -2.14. The monoisotopic (exact) mass is 251 g/mol. The number of nitrogens with two attached hydrogens (primary N) is 1. The summed E-state index contributed by atoms with van der Waals surface area (Å²) < 4.78 is 1.55. The number of nitrogens with zero attached hydrogens (tertiary/aromatic N) is 6. The number of tetrazole rings is 1. The zero-order valence-electron chi connectivity index (χ0n) is 8.85. The molecule has 0 saturated heterocycles. The van der Waals surface area contributed by atoms with Crippen molar-refractivity contribution in [3.63, 3.8) is 0 Å². The van der Waals surface area contributed by atoms with Crippen molar-refractivity contribution in [1.29, 1.82) is 0 Å². The molecule has 17 heavy (non-hydrogen) atoms. The third-order valence-corrected chi connectivity index (χ3v) is 2.91. The maximum Gasteiger partial charge on any atom is 0.213 e. The molecule has 0 aromatic carbocycles. The van der Waals surface area contributed by atoms with Gasteiger partial charge in [-0.05, 0) is 34.3 Å². The molecule has 88 valence electrons. The van der Waals surface area contributed by atoms with Crippen LogP contribution in [0.25, 0.3) is 0 Å². The highest BCUT2D eigenvalue weighted by atomic mass is 32.2. The predicted octanol–water partition coefficient (Wildman–Crippen LogP) is -0.149. The fourth-order valence-electron chi connectivity index (χ4n) is 1.08. The van der Waals surface area contributed by atoms with Crippen LogP contribution in [-0.2, 0) is 7.05 Å². The van der Waals surface area contributed by atoms with Crippen LogP contribution in [0, 0.1) is 0 Å². The molecule has 0 fully saturated rings. The van der Waals surface area contributed by atoms with Crippen molar-refractivity contribution in [1.82, 2.24) is 25.2 Å². The van der Waals surface area contributed by atoms with Crippen LogP contribution in [0.2, 0.25) is 0 Å². The van der Waals surface area contributed by atoms with Gasteiger partial charge in [0.1, 0.15) is 5.69 Å². The van der Waals surface area contributed by atoms with E-state index in [1.165, 1.54) is 11.8 Å². The lowest BCUT2D eigenvalue weighted by Gasteiger charge is -2.01. The lowest BCUT2D eigenvalue weighted by molar-refractivity contribution is 0.318. The maximum atomic E-state index is 8.56. The van der Waals surface area contributed by atoms with Gasteiger partial charge in [0.05, 0.1) is 0 Å². The number of oxime groups is 1. The number of rotatable bonds is 3. The van der Waals surface area contributed by atoms with Crippen LogP contribution in [0.1, 0.15) is 5.69 Å². The van der Waals surface area contributed by atoms with E-state index in [1.807, 2.05) is 0 Å². The summed E-state index contributed by atoms with van der Waals surface area (Å²) in [6.45, 7) is 0. The van der Waals surface area contributed by atoms with Gasteiger partial charge in [0.2, 0.25) is 5.16 Å². The van der Waals surface area contributed by atoms with E-state index >= 15 is 0 Å². The molecule has 0 spiro atoms. The number of aryl methyl sites for hydroxylation is 1. The van der Waals surface area contributed by atoms with Crippen LogP contribution in [0.15, 0.2) is 33.5 Å². The first-order chi connectivity index (χ1) is 8.20. The number of aromatic nitrogens is 5. The van der Waals surface area contributed by atoms with Crippen LogP contribution < -0.4 is 5.73 Å². The molecule has 0 saturated carbocycles. The Morgan fingerprint density at radius 3 is 3.06 bits per heavy atom. The van der Waals surface area contributed by atoms with Crippen molar-refractivity contribution >= 4 is 17.6 Å². The van der Waals surface area contributed by atoms with E-state index in [4.69, 9.17) is 10.9 Å². The summed E-state index contributed by atoms with van der Waals surface area (Å²) in [7, 11) is 1.74. The molecule has 0 aliphatic rings. The minimum absolute atomic E-state index is 0.0384. The zero-order chi connectivity index (χ0) is 12.3. The molecule has 0 radical (unpaired) electrons. The number of hydrogen-bond donors (Lipinski definition) is 2. The van der Waals surface area contributed by atoms with E-state index < -0.39 is 0 Å². The van der Waals surface area contributed by atoms with E-state index in [2.05, 4.69) is 25.7 Å². The van der Waals surface area contributed by atoms with E-state index in [1.54, 1.807) is 30.1 Å². The number of pyridine rings is 1. The molecule has 8 nitrogen and oxygen atoms in total. The standard InChI is InChI=1S/C8H9N7OS/c1-15-8(11-13-14-15)17-5-2-3-10-6(4-5)7(9)12-16/h2-4,16H,1H3,(H2,9,12). The van der Waals surface area contributed by atoms with Crippen LogP contribution in [0.3, 0.4) is 0 Å². The van der Waals surface area contributed by atoms with Gasteiger partial charge in [-0.1, -0.05) is 5.16 Å². The van der Waals surface area contributed by atoms with Crippen LogP contribution in [0.4, 0.5) is 0 Å². The minimum atomic E-state index is -0.0384. The first kappa shape index (κ1) is 11.3. The van der Waals surface area contributed by atoms with Gasteiger partial charge in [0.15, 0.2) is 5.84 Å². The van der Waals surface area contributed by atoms with Gasteiger partial charge < -0.3 is 10.9 Å². The van der Waals surface area contributed by atoms with E-state index in [-0.39, 0.29) is 5.84 Å². The molecule has 0 bridgehead atoms. The Balaban J connectivity index is 2.26. The minimum Gasteiger partial charge on any atom is -0.409 e. The third-order valence-electron chi connectivity index (χ3n) is 1.89. The summed E-state index contributed by atoms with van der Waals surface area (Å²) in [4.78, 5) is 4.82. The molecule has 0 aliphatic heterocycles. The Bertz CT molecular complexity index is 552. The quantitative estimate of drug-likeness (QED) is 0.337. The molecule has 2 heterocycles. The van der Waals surface area contributed by atoms with Crippen molar-refractivity contribution < 1.29 is 5.21 Å². The Labute approximate surface area is 101 Å². The first-order valence-corrected chi connectivity index (χ1v) is 5.36. The fraction of sp³-hybridized carbons (Fsp3) is 0.125. The zero-order valence-corrected chi connectivity index (χ0v) is 9.66. The molecule has 0 amide bonds. The largest absolute Gasteiger partial charge is 0.409 e. The van der Waals surface area contributed by atoms with Gasteiger partial charge >= 0.3 is 0 Å². The third kappa shape index (κ3) is 2.50. The average molecular weight is 251 g/mol.